The molecule has 0 bridgehead atoms. The van der Waals surface area contributed by atoms with Gasteiger partial charge in [-0.05, 0) is 6.92 Å². The van der Waals surface area contributed by atoms with E-state index >= 15 is 0 Å². The van der Waals surface area contributed by atoms with Gasteiger partial charge in [-0.3, -0.25) is 0 Å². The Bertz CT molecular complexity index is 502. The van der Waals surface area contributed by atoms with Gasteiger partial charge >= 0.3 is 0 Å². The minimum absolute atomic E-state index is 0.0911. The van der Waals surface area contributed by atoms with E-state index in [0.717, 1.165) is 6.07 Å². The Morgan fingerprint density at radius 1 is 1.50 bits per heavy atom. The molecule has 16 heavy (non-hydrogen) atoms. The number of hydrogen-bond acceptors (Lipinski definition) is 4. The summed E-state index contributed by atoms with van der Waals surface area (Å²) in [6.45, 7) is 1.43. The van der Waals surface area contributed by atoms with Gasteiger partial charge in [-0.25, -0.2) is 27.3 Å². The summed E-state index contributed by atoms with van der Waals surface area (Å²) < 4.78 is 52.1. The van der Waals surface area contributed by atoms with Crippen LogP contribution < -0.4 is 9.88 Å². The van der Waals surface area contributed by atoms with E-state index in [0.29, 0.717) is 0 Å². The molecular formula is C8H10F2N2O3S. The number of aromatic nitrogens is 1. The number of nitrogens with zero attached hydrogens (tertiary/aromatic N) is 1. The second kappa shape index (κ2) is 4.30. The first-order valence-corrected chi connectivity index (χ1v) is 5.68. The molecule has 1 aromatic rings. The molecule has 0 aliphatic heterocycles. The fourth-order valence-electron chi connectivity index (χ4n) is 1.18. The number of ether oxygens (including phenoxy) is 1. The first kappa shape index (κ1) is 12.8. The third kappa shape index (κ3) is 2.45. The number of rotatable bonds is 3. The molecule has 0 aromatic carbocycles. The molecule has 0 fully saturated rings. The number of methoxy groups -OCH3 is 1. The third-order valence-corrected chi connectivity index (χ3v) is 2.83. The van der Waals surface area contributed by atoms with Crippen LogP contribution >= 0.6 is 0 Å². The average molecular weight is 252 g/mol. The van der Waals surface area contributed by atoms with Crippen LogP contribution in [0.15, 0.2) is 11.0 Å². The maximum absolute atomic E-state index is 12.6. The molecular weight excluding hydrogens is 242 g/mol. The van der Waals surface area contributed by atoms with Crippen LogP contribution in [0.25, 0.3) is 0 Å². The first-order valence-electron chi connectivity index (χ1n) is 4.14. The zero-order valence-electron chi connectivity index (χ0n) is 8.57. The molecule has 2 N–H and O–H groups in total. The van der Waals surface area contributed by atoms with Crippen molar-refractivity contribution >= 4 is 10.0 Å². The van der Waals surface area contributed by atoms with Crippen molar-refractivity contribution in [3.05, 3.63) is 17.5 Å². The third-order valence-electron chi connectivity index (χ3n) is 1.89. The Morgan fingerprint density at radius 3 is 2.44 bits per heavy atom. The molecule has 0 saturated carbocycles. The van der Waals surface area contributed by atoms with Gasteiger partial charge < -0.3 is 4.74 Å². The van der Waals surface area contributed by atoms with Gasteiger partial charge in [-0.2, -0.15) is 0 Å². The average Bonchev–Trinajstić information content (AvgIpc) is 2.15. The SMILES string of the molecule is COc1cc(S(N)(=O)=O)c(C(F)F)nc1C. The second-order valence-corrected chi connectivity index (χ2v) is 4.53. The van der Waals surface area contributed by atoms with Crippen LogP contribution in [-0.4, -0.2) is 20.5 Å². The highest BCUT2D eigenvalue weighted by molar-refractivity contribution is 7.89. The van der Waals surface area contributed by atoms with E-state index in [1.165, 1.54) is 14.0 Å². The van der Waals surface area contributed by atoms with Crippen LogP contribution in [0.1, 0.15) is 17.8 Å². The van der Waals surface area contributed by atoms with Crippen LogP contribution in [0.5, 0.6) is 5.75 Å². The molecule has 0 aliphatic carbocycles. The van der Waals surface area contributed by atoms with Crippen LogP contribution in [0.3, 0.4) is 0 Å². The second-order valence-electron chi connectivity index (χ2n) is 3.01. The summed E-state index contributed by atoms with van der Waals surface area (Å²) in [7, 11) is -2.97. The van der Waals surface area contributed by atoms with Crippen molar-refractivity contribution in [3.8, 4) is 5.75 Å². The molecule has 0 saturated heterocycles. The summed E-state index contributed by atoms with van der Waals surface area (Å²) >= 11 is 0. The lowest BCUT2D eigenvalue weighted by Gasteiger charge is -2.10. The molecule has 8 heteroatoms. The van der Waals surface area contributed by atoms with Crippen LogP contribution in [0.4, 0.5) is 8.78 Å². The highest BCUT2D eigenvalue weighted by Gasteiger charge is 2.24. The maximum Gasteiger partial charge on any atom is 0.281 e. The number of aryl methyl sites for hydroxylation is 1. The Morgan fingerprint density at radius 2 is 2.06 bits per heavy atom. The summed E-state index contributed by atoms with van der Waals surface area (Å²) in [6, 6.07) is 0.944. The Balaban J connectivity index is 3.56. The van der Waals surface area contributed by atoms with E-state index in [9.17, 15) is 17.2 Å². The fourth-order valence-corrected chi connectivity index (χ4v) is 1.88. The summed E-state index contributed by atoms with van der Waals surface area (Å²) in [6.07, 6.45) is -3.02. The normalized spacial score (nSPS) is 11.9. The monoisotopic (exact) mass is 252 g/mol. The van der Waals surface area contributed by atoms with E-state index in [4.69, 9.17) is 9.88 Å². The Kier molecular flexibility index (Phi) is 3.44. The predicted molar refractivity (Wildman–Crippen MR) is 51.9 cm³/mol. The van der Waals surface area contributed by atoms with Gasteiger partial charge in [-0.15, -0.1) is 0 Å². The largest absolute Gasteiger partial charge is 0.495 e. The fraction of sp³-hybridized carbons (Fsp3) is 0.375. The number of halogens is 2. The van der Waals surface area contributed by atoms with E-state index in [2.05, 4.69) is 4.98 Å². The lowest BCUT2D eigenvalue weighted by atomic mass is 10.3. The van der Waals surface area contributed by atoms with Gasteiger partial charge in [0.15, 0.2) is 0 Å². The molecule has 5 nitrogen and oxygen atoms in total. The molecule has 0 amide bonds. The zero-order chi connectivity index (χ0) is 12.5. The Labute approximate surface area is 91.3 Å². The summed E-state index contributed by atoms with van der Waals surface area (Å²) in [5.41, 5.74) is -0.689. The molecule has 0 radical (unpaired) electrons. The Hall–Kier alpha value is -1.28. The van der Waals surface area contributed by atoms with Crippen molar-refractivity contribution in [1.29, 1.82) is 0 Å². The highest BCUT2D eigenvalue weighted by atomic mass is 32.2. The van der Waals surface area contributed by atoms with Crippen molar-refractivity contribution < 1.29 is 21.9 Å². The molecule has 90 valence electrons. The lowest BCUT2D eigenvalue weighted by molar-refractivity contribution is 0.142. The molecule has 1 heterocycles. The molecule has 0 spiro atoms. The van der Waals surface area contributed by atoms with Gasteiger partial charge in [0, 0.05) is 6.07 Å². The number of pyridine rings is 1. The van der Waals surface area contributed by atoms with Crippen molar-refractivity contribution in [2.45, 2.75) is 18.2 Å². The number of sulfonamides is 1. The van der Waals surface area contributed by atoms with Crippen molar-refractivity contribution in [1.82, 2.24) is 4.98 Å². The quantitative estimate of drug-likeness (QED) is 0.869. The van der Waals surface area contributed by atoms with Crippen LogP contribution in [0, 0.1) is 6.92 Å². The van der Waals surface area contributed by atoms with E-state index < -0.39 is 27.0 Å². The van der Waals surface area contributed by atoms with Crippen LogP contribution in [-0.2, 0) is 10.0 Å². The molecule has 1 aromatic heterocycles. The first-order chi connectivity index (χ1) is 7.27. The molecule has 0 atom stereocenters. The maximum atomic E-state index is 12.6. The summed E-state index contributed by atoms with van der Waals surface area (Å²) in [5.74, 6) is 0.0911. The van der Waals surface area contributed by atoms with E-state index in [1.807, 2.05) is 0 Å². The van der Waals surface area contributed by atoms with Crippen molar-refractivity contribution in [2.75, 3.05) is 7.11 Å². The molecule has 0 aliphatic rings. The van der Waals surface area contributed by atoms with Gasteiger partial charge in [0.25, 0.3) is 6.43 Å². The van der Waals surface area contributed by atoms with Crippen molar-refractivity contribution in [3.63, 3.8) is 0 Å². The number of primary sulfonamides is 1. The van der Waals surface area contributed by atoms with Gasteiger partial charge in [0.2, 0.25) is 10.0 Å². The minimum atomic E-state index is -4.25. The summed E-state index contributed by atoms with van der Waals surface area (Å²) in [5, 5.41) is 4.81. The number of hydrogen-bond donors (Lipinski definition) is 1. The zero-order valence-corrected chi connectivity index (χ0v) is 9.38. The highest BCUT2D eigenvalue weighted by Crippen LogP contribution is 2.28. The molecule has 1 rings (SSSR count). The lowest BCUT2D eigenvalue weighted by Crippen LogP contribution is -2.16. The van der Waals surface area contributed by atoms with Crippen LogP contribution in [0.2, 0.25) is 0 Å². The predicted octanol–water partition coefficient (Wildman–Crippen LogP) is 0.984. The van der Waals surface area contributed by atoms with E-state index in [1.54, 1.807) is 0 Å². The van der Waals surface area contributed by atoms with Crippen molar-refractivity contribution in [2.24, 2.45) is 5.14 Å². The molecule has 0 unspecified atom stereocenters. The number of alkyl halides is 2. The smallest absolute Gasteiger partial charge is 0.281 e. The standard InChI is InChI=1S/C8H10F2N2O3S/c1-4-5(15-2)3-6(16(11,13)14)7(12-4)8(9)10/h3,8H,1-2H3,(H2,11,13,14). The topological polar surface area (TPSA) is 82.3 Å². The van der Waals surface area contributed by atoms with Gasteiger partial charge in [0.05, 0.1) is 12.8 Å². The van der Waals surface area contributed by atoms with E-state index in [-0.39, 0.29) is 11.4 Å². The summed E-state index contributed by atoms with van der Waals surface area (Å²) in [4.78, 5) is 2.76. The van der Waals surface area contributed by atoms with Gasteiger partial charge in [-0.1, -0.05) is 0 Å². The minimum Gasteiger partial charge on any atom is -0.495 e. The van der Waals surface area contributed by atoms with Gasteiger partial charge in [0.1, 0.15) is 16.3 Å². The number of nitrogens with two attached hydrogens (primary N) is 1.